The summed E-state index contributed by atoms with van der Waals surface area (Å²) < 4.78 is 26.5. The van der Waals surface area contributed by atoms with E-state index in [-0.39, 0.29) is 18.4 Å². The van der Waals surface area contributed by atoms with Gasteiger partial charge in [-0.15, -0.1) is 0 Å². The Morgan fingerprint density at radius 1 is 1.18 bits per heavy atom. The molecule has 0 spiro atoms. The maximum atomic E-state index is 13.3. The molecular formula is C14H19F2N. The van der Waals surface area contributed by atoms with Crippen molar-refractivity contribution in [2.24, 2.45) is 0 Å². The molecule has 17 heavy (non-hydrogen) atoms. The fourth-order valence-corrected chi connectivity index (χ4v) is 2.33. The van der Waals surface area contributed by atoms with Gasteiger partial charge in [-0.25, -0.2) is 8.78 Å². The Bertz CT molecular complexity index is 407. The van der Waals surface area contributed by atoms with E-state index in [2.05, 4.69) is 20.8 Å². The molecule has 1 aromatic rings. The van der Waals surface area contributed by atoms with E-state index in [1.54, 1.807) is 4.90 Å². The third-order valence-electron chi connectivity index (χ3n) is 3.22. The molecule has 1 aliphatic heterocycles. The van der Waals surface area contributed by atoms with Crippen LogP contribution in [0.4, 0.5) is 14.5 Å². The first-order valence-electron chi connectivity index (χ1n) is 6.02. The van der Waals surface area contributed by atoms with Crippen molar-refractivity contribution in [3.05, 3.63) is 29.8 Å². The predicted molar refractivity (Wildman–Crippen MR) is 66.9 cm³/mol. The quantitative estimate of drug-likeness (QED) is 0.720. The van der Waals surface area contributed by atoms with E-state index in [4.69, 9.17) is 0 Å². The fourth-order valence-electron chi connectivity index (χ4n) is 2.33. The SMILES string of the molecule is CC(C)(C)c1ccccc1N1CCC(F)(F)C1. The maximum Gasteiger partial charge on any atom is 0.266 e. The second-order valence-electron chi connectivity index (χ2n) is 5.79. The number of anilines is 1. The fraction of sp³-hybridized carbons (Fsp3) is 0.571. The summed E-state index contributed by atoms with van der Waals surface area (Å²) in [5, 5.41) is 0. The van der Waals surface area contributed by atoms with Crippen molar-refractivity contribution < 1.29 is 8.78 Å². The van der Waals surface area contributed by atoms with Crippen LogP contribution in [0.25, 0.3) is 0 Å². The van der Waals surface area contributed by atoms with Gasteiger partial charge in [-0.1, -0.05) is 39.0 Å². The van der Waals surface area contributed by atoms with Gasteiger partial charge in [-0.05, 0) is 17.0 Å². The smallest absolute Gasteiger partial charge is 0.266 e. The molecule has 1 heterocycles. The lowest BCUT2D eigenvalue weighted by Gasteiger charge is -2.28. The van der Waals surface area contributed by atoms with Crippen molar-refractivity contribution in [1.29, 1.82) is 0 Å². The van der Waals surface area contributed by atoms with Crippen LogP contribution in [-0.4, -0.2) is 19.0 Å². The standard InChI is InChI=1S/C14H19F2N/c1-13(2,3)11-6-4-5-7-12(11)17-9-8-14(15,16)10-17/h4-7H,8-10H2,1-3H3. The predicted octanol–water partition coefficient (Wildman–Crippen LogP) is 3.83. The number of benzene rings is 1. The van der Waals surface area contributed by atoms with Gasteiger partial charge in [0.25, 0.3) is 5.92 Å². The van der Waals surface area contributed by atoms with Crippen LogP contribution in [0.2, 0.25) is 0 Å². The monoisotopic (exact) mass is 239 g/mol. The third kappa shape index (κ3) is 2.59. The van der Waals surface area contributed by atoms with E-state index in [9.17, 15) is 8.78 Å². The highest BCUT2D eigenvalue weighted by atomic mass is 19.3. The highest BCUT2D eigenvalue weighted by Gasteiger charge is 2.39. The van der Waals surface area contributed by atoms with E-state index < -0.39 is 5.92 Å². The summed E-state index contributed by atoms with van der Waals surface area (Å²) in [5.41, 5.74) is 2.07. The number of rotatable bonds is 1. The molecule has 0 aliphatic carbocycles. The van der Waals surface area contributed by atoms with Crippen LogP contribution in [0, 0.1) is 0 Å². The van der Waals surface area contributed by atoms with E-state index in [1.165, 1.54) is 0 Å². The summed E-state index contributed by atoms with van der Waals surface area (Å²) in [6, 6.07) is 7.87. The van der Waals surface area contributed by atoms with Gasteiger partial charge in [-0.2, -0.15) is 0 Å². The Morgan fingerprint density at radius 2 is 1.82 bits per heavy atom. The van der Waals surface area contributed by atoms with Gasteiger partial charge in [0.1, 0.15) is 0 Å². The molecule has 1 nitrogen and oxygen atoms in total. The molecule has 1 saturated heterocycles. The average Bonchev–Trinajstić information content (AvgIpc) is 2.58. The zero-order chi connectivity index (χ0) is 12.7. The minimum atomic E-state index is -2.54. The third-order valence-corrected chi connectivity index (χ3v) is 3.22. The Morgan fingerprint density at radius 3 is 2.35 bits per heavy atom. The van der Waals surface area contributed by atoms with Crippen LogP contribution < -0.4 is 4.90 Å². The molecule has 0 atom stereocenters. The van der Waals surface area contributed by atoms with Gasteiger partial charge < -0.3 is 4.90 Å². The molecule has 0 bridgehead atoms. The van der Waals surface area contributed by atoms with Crippen molar-refractivity contribution in [2.45, 2.75) is 38.5 Å². The second-order valence-corrected chi connectivity index (χ2v) is 5.79. The first-order chi connectivity index (χ1) is 7.80. The molecule has 0 radical (unpaired) electrons. The Kier molecular flexibility index (Phi) is 2.88. The number of para-hydroxylation sites is 1. The number of hydrogen-bond donors (Lipinski definition) is 0. The largest absolute Gasteiger partial charge is 0.365 e. The molecule has 2 rings (SSSR count). The Hall–Kier alpha value is -1.12. The lowest BCUT2D eigenvalue weighted by Crippen LogP contribution is -2.27. The molecule has 94 valence electrons. The van der Waals surface area contributed by atoms with Crippen molar-refractivity contribution in [3.8, 4) is 0 Å². The summed E-state index contributed by atoms with van der Waals surface area (Å²) in [6.45, 7) is 6.63. The van der Waals surface area contributed by atoms with Crippen molar-refractivity contribution >= 4 is 5.69 Å². The number of hydrogen-bond acceptors (Lipinski definition) is 1. The molecular weight excluding hydrogens is 220 g/mol. The van der Waals surface area contributed by atoms with Gasteiger partial charge in [0.2, 0.25) is 0 Å². The van der Waals surface area contributed by atoms with Crippen LogP contribution >= 0.6 is 0 Å². The summed E-state index contributed by atoms with van der Waals surface area (Å²) in [7, 11) is 0. The second kappa shape index (κ2) is 3.97. The summed E-state index contributed by atoms with van der Waals surface area (Å²) >= 11 is 0. The lowest BCUT2D eigenvalue weighted by molar-refractivity contribution is 0.0257. The zero-order valence-electron chi connectivity index (χ0n) is 10.6. The molecule has 1 fully saturated rings. The maximum absolute atomic E-state index is 13.3. The Labute approximate surface area is 101 Å². The zero-order valence-corrected chi connectivity index (χ0v) is 10.6. The van der Waals surface area contributed by atoms with Crippen LogP contribution in [0.5, 0.6) is 0 Å². The molecule has 0 saturated carbocycles. The van der Waals surface area contributed by atoms with Crippen molar-refractivity contribution in [2.75, 3.05) is 18.0 Å². The van der Waals surface area contributed by atoms with Crippen LogP contribution in [0.3, 0.4) is 0 Å². The molecule has 0 N–H and O–H groups in total. The van der Waals surface area contributed by atoms with Gasteiger partial charge in [0, 0.05) is 18.7 Å². The van der Waals surface area contributed by atoms with Crippen molar-refractivity contribution in [3.63, 3.8) is 0 Å². The van der Waals surface area contributed by atoms with Gasteiger partial charge in [0.05, 0.1) is 6.54 Å². The molecule has 0 aromatic heterocycles. The topological polar surface area (TPSA) is 3.24 Å². The molecule has 3 heteroatoms. The highest BCUT2D eigenvalue weighted by Crippen LogP contribution is 2.36. The summed E-state index contributed by atoms with van der Waals surface area (Å²) in [4.78, 5) is 1.81. The van der Waals surface area contributed by atoms with E-state index in [1.807, 2.05) is 24.3 Å². The van der Waals surface area contributed by atoms with E-state index >= 15 is 0 Å². The van der Waals surface area contributed by atoms with Crippen molar-refractivity contribution in [1.82, 2.24) is 0 Å². The Balaban J connectivity index is 2.34. The van der Waals surface area contributed by atoms with Crippen LogP contribution in [0.15, 0.2) is 24.3 Å². The first kappa shape index (κ1) is 12.3. The highest BCUT2D eigenvalue weighted by molar-refractivity contribution is 5.57. The lowest BCUT2D eigenvalue weighted by atomic mass is 9.85. The number of nitrogens with zero attached hydrogens (tertiary/aromatic N) is 1. The summed E-state index contributed by atoms with van der Waals surface area (Å²) in [6.07, 6.45) is -0.0362. The van der Waals surface area contributed by atoms with E-state index in [0.717, 1.165) is 11.3 Å². The molecule has 1 aliphatic rings. The molecule has 0 amide bonds. The van der Waals surface area contributed by atoms with Gasteiger partial charge in [-0.3, -0.25) is 0 Å². The number of halogens is 2. The minimum absolute atomic E-state index is 0.0194. The van der Waals surface area contributed by atoms with Crippen LogP contribution in [0.1, 0.15) is 32.8 Å². The summed E-state index contributed by atoms with van der Waals surface area (Å²) in [5.74, 6) is -2.54. The van der Waals surface area contributed by atoms with Gasteiger partial charge >= 0.3 is 0 Å². The van der Waals surface area contributed by atoms with Gasteiger partial charge in [0.15, 0.2) is 0 Å². The first-order valence-corrected chi connectivity index (χ1v) is 6.02. The molecule has 0 unspecified atom stereocenters. The minimum Gasteiger partial charge on any atom is -0.365 e. The normalized spacial score (nSPS) is 19.7. The number of alkyl halides is 2. The van der Waals surface area contributed by atoms with Crippen LogP contribution in [-0.2, 0) is 5.41 Å². The molecule has 1 aromatic carbocycles. The van der Waals surface area contributed by atoms with E-state index in [0.29, 0.717) is 6.54 Å². The average molecular weight is 239 g/mol.